The highest BCUT2D eigenvalue weighted by Gasteiger charge is 1.79. The summed E-state index contributed by atoms with van der Waals surface area (Å²) in [6, 6.07) is 0. The first kappa shape index (κ1) is 27.4. The number of amides is 1. The van der Waals surface area contributed by atoms with Crippen LogP contribution in [0.3, 0.4) is 0 Å². The van der Waals surface area contributed by atoms with Gasteiger partial charge in [0.2, 0.25) is 10.4 Å². The number of carboxylic acid groups (broad SMARTS) is 1. The Morgan fingerprint density at radius 3 is 1.10 bits per heavy atom. The molecular formula is C10H29N3O6S. The van der Waals surface area contributed by atoms with Crippen molar-refractivity contribution < 1.29 is 36.9 Å². The molecule has 0 aromatic carbocycles. The van der Waals surface area contributed by atoms with Crippen molar-refractivity contribution in [2.24, 2.45) is 0 Å². The van der Waals surface area contributed by atoms with Gasteiger partial charge in [0.1, 0.15) is 6.09 Å². The summed E-state index contributed by atoms with van der Waals surface area (Å²) in [6.45, 7) is 0. The molecule has 10 heteroatoms. The van der Waals surface area contributed by atoms with Crippen molar-refractivity contribution in [1.29, 1.82) is 0 Å². The molecule has 0 fully saturated rings. The zero-order chi connectivity index (χ0) is 17.5. The molecule has 0 aromatic rings. The van der Waals surface area contributed by atoms with Crippen LogP contribution in [-0.2, 0) is 14.6 Å². The maximum Gasteiger partial charge on any atom is 0.217 e. The molecule has 20 heavy (non-hydrogen) atoms. The summed E-state index contributed by atoms with van der Waals surface area (Å²) < 4.78 is 31.0. The third-order valence-electron chi connectivity index (χ3n) is 0.569. The molecule has 0 rings (SSSR count). The van der Waals surface area contributed by atoms with Gasteiger partial charge in [-0.05, 0) is 0 Å². The Morgan fingerprint density at radius 1 is 1.00 bits per heavy atom. The Morgan fingerprint density at radius 2 is 1.10 bits per heavy atom. The van der Waals surface area contributed by atoms with Crippen molar-refractivity contribution in [1.82, 2.24) is 4.90 Å². The van der Waals surface area contributed by atoms with Gasteiger partial charge in [-0.25, -0.2) is 8.42 Å². The largest absolute Gasteiger partial charge is 0.726 e. The van der Waals surface area contributed by atoms with Gasteiger partial charge in [-0.15, -0.1) is 0 Å². The Hall–Kier alpha value is -0.940. The summed E-state index contributed by atoms with van der Waals surface area (Å²) in [5.41, 5.74) is 0. The molecule has 0 heterocycles. The smallest absolute Gasteiger partial charge is 0.217 e. The van der Waals surface area contributed by atoms with E-state index < -0.39 is 16.5 Å². The predicted octanol–water partition coefficient (Wildman–Crippen LogP) is -4.49. The van der Waals surface area contributed by atoms with Crippen molar-refractivity contribution >= 4 is 16.5 Å². The van der Waals surface area contributed by atoms with Gasteiger partial charge in [0.05, 0.1) is 49.4 Å². The fourth-order valence-corrected chi connectivity index (χ4v) is 0. The average Bonchev–Trinajstić information content (AvgIpc) is 2.15. The van der Waals surface area contributed by atoms with Crippen molar-refractivity contribution in [2.45, 2.75) is 0 Å². The summed E-state index contributed by atoms with van der Waals surface area (Å²) in [7, 11) is 11.7. The molecule has 0 aliphatic rings. The zero-order valence-corrected chi connectivity index (χ0v) is 14.6. The summed E-state index contributed by atoms with van der Waals surface area (Å²) in [5, 5.41) is 9.51. The SMILES string of the molecule is CN(C)C(=O)[O-].COS(=O)(=O)[O-].C[NH+](C)C.C[NH+](C)C. The van der Waals surface area contributed by atoms with Crippen LogP contribution in [0.5, 0.6) is 0 Å². The lowest BCUT2D eigenvalue weighted by Crippen LogP contribution is -3.02. The van der Waals surface area contributed by atoms with Gasteiger partial charge in [0.15, 0.2) is 0 Å². The van der Waals surface area contributed by atoms with Crippen molar-refractivity contribution in [3.05, 3.63) is 0 Å². The van der Waals surface area contributed by atoms with Crippen molar-refractivity contribution in [3.63, 3.8) is 0 Å². The minimum absolute atomic E-state index is 0.808. The minimum atomic E-state index is -4.41. The highest BCUT2D eigenvalue weighted by molar-refractivity contribution is 7.80. The summed E-state index contributed by atoms with van der Waals surface area (Å²) in [4.78, 5) is 13.3. The van der Waals surface area contributed by atoms with Crippen LogP contribution in [0, 0.1) is 0 Å². The van der Waals surface area contributed by atoms with Gasteiger partial charge in [0.25, 0.3) is 0 Å². The van der Waals surface area contributed by atoms with Gasteiger partial charge in [-0.1, -0.05) is 0 Å². The fraction of sp³-hybridized carbons (Fsp3) is 0.900. The van der Waals surface area contributed by atoms with Crippen molar-refractivity contribution in [3.8, 4) is 0 Å². The zero-order valence-electron chi connectivity index (χ0n) is 13.8. The Balaban J connectivity index is -0.0000000871. The Labute approximate surface area is 122 Å². The van der Waals surface area contributed by atoms with E-state index in [0.29, 0.717) is 0 Å². The van der Waals surface area contributed by atoms with Gasteiger partial charge in [-0.2, -0.15) is 0 Å². The van der Waals surface area contributed by atoms with Crippen LogP contribution < -0.4 is 14.9 Å². The normalized spacial score (nSPS) is 9.40. The molecule has 0 radical (unpaired) electrons. The number of nitrogens with zero attached hydrogens (tertiary/aromatic N) is 1. The minimum Gasteiger partial charge on any atom is -0.726 e. The molecule has 0 spiro atoms. The number of rotatable bonds is 1. The van der Waals surface area contributed by atoms with E-state index in [1.165, 1.54) is 23.9 Å². The summed E-state index contributed by atoms with van der Waals surface area (Å²) in [6.07, 6.45) is -1.16. The number of nitrogens with one attached hydrogen (secondary N) is 2. The van der Waals surface area contributed by atoms with Gasteiger partial charge in [0, 0.05) is 14.1 Å². The molecule has 2 N–H and O–H groups in total. The highest BCUT2D eigenvalue weighted by atomic mass is 32.3. The fourth-order valence-electron chi connectivity index (χ4n) is 0. The molecule has 9 nitrogen and oxygen atoms in total. The molecular weight excluding hydrogens is 290 g/mol. The van der Waals surface area contributed by atoms with E-state index in [9.17, 15) is 22.9 Å². The first-order valence-electron chi connectivity index (χ1n) is 5.60. The molecule has 0 atom stereocenters. The second-order valence-corrected chi connectivity index (χ2v) is 5.89. The lowest BCUT2D eigenvalue weighted by molar-refractivity contribution is -0.836. The lowest BCUT2D eigenvalue weighted by Gasteiger charge is -2.10. The van der Waals surface area contributed by atoms with Crippen molar-refractivity contribution in [2.75, 3.05) is 63.5 Å². The monoisotopic (exact) mass is 319 g/mol. The Kier molecular flexibility index (Phi) is 22.1. The molecule has 1 amide bonds. The van der Waals surface area contributed by atoms with Crippen LogP contribution >= 0.6 is 0 Å². The van der Waals surface area contributed by atoms with E-state index >= 15 is 0 Å². The number of hydrogen-bond acceptors (Lipinski definition) is 6. The average molecular weight is 319 g/mol. The molecule has 0 aliphatic carbocycles. The molecule has 0 aliphatic heterocycles. The standard InChI is InChI=1S/C3H7NO2.2C3H9N.CH4O4S/c1-4(2)3(5)6;2*1-4(2)3;1-5-6(2,3)4/h1-2H3,(H,5,6);2*1-3H3;1H3,(H,2,3,4). The lowest BCUT2D eigenvalue weighted by atomic mass is 10.9. The highest BCUT2D eigenvalue weighted by Crippen LogP contribution is 1.74. The van der Waals surface area contributed by atoms with E-state index in [2.05, 4.69) is 46.5 Å². The molecule has 0 bridgehead atoms. The van der Waals surface area contributed by atoms with Crippen LogP contribution in [0.15, 0.2) is 0 Å². The summed E-state index contributed by atoms with van der Waals surface area (Å²) in [5.74, 6) is 0. The Bertz CT molecular complexity index is 293. The van der Waals surface area contributed by atoms with E-state index in [-0.39, 0.29) is 0 Å². The number of quaternary nitrogens is 2. The number of carbonyl (C=O) groups excluding carboxylic acids is 1. The van der Waals surface area contributed by atoms with Crippen LogP contribution in [-0.4, -0.2) is 87.5 Å². The predicted molar refractivity (Wildman–Crippen MR) is 73.3 cm³/mol. The molecule has 0 unspecified atom stereocenters. The summed E-state index contributed by atoms with van der Waals surface area (Å²) >= 11 is 0. The second kappa shape index (κ2) is 16.1. The molecule has 0 aromatic heterocycles. The molecule has 126 valence electrons. The van der Waals surface area contributed by atoms with Crippen LogP contribution in [0.1, 0.15) is 0 Å². The second-order valence-electron chi connectivity index (χ2n) is 4.74. The van der Waals surface area contributed by atoms with Gasteiger partial charge >= 0.3 is 0 Å². The number of hydrogen-bond donors (Lipinski definition) is 2. The van der Waals surface area contributed by atoms with E-state index in [0.717, 1.165) is 12.0 Å². The maximum absolute atomic E-state index is 9.51. The van der Waals surface area contributed by atoms with E-state index in [4.69, 9.17) is 0 Å². The molecule has 0 saturated heterocycles. The van der Waals surface area contributed by atoms with Crippen LogP contribution in [0.25, 0.3) is 0 Å². The van der Waals surface area contributed by atoms with Gasteiger partial charge < -0.3 is 29.2 Å². The van der Waals surface area contributed by atoms with Gasteiger partial charge in [-0.3, -0.25) is 4.18 Å². The molecule has 0 saturated carbocycles. The third kappa shape index (κ3) is 120. The first-order valence-corrected chi connectivity index (χ1v) is 6.93. The first-order chi connectivity index (χ1) is 8.67. The quantitative estimate of drug-likeness (QED) is 0.371. The maximum atomic E-state index is 9.51. The van der Waals surface area contributed by atoms with Crippen LogP contribution in [0.2, 0.25) is 0 Å². The van der Waals surface area contributed by atoms with E-state index in [1.807, 2.05) is 0 Å². The topological polar surface area (TPSA) is 119 Å². The van der Waals surface area contributed by atoms with Crippen LogP contribution in [0.4, 0.5) is 4.79 Å². The third-order valence-corrected chi connectivity index (χ3v) is 0.978. The number of carbonyl (C=O) groups is 1. The van der Waals surface area contributed by atoms with E-state index in [1.54, 1.807) is 0 Å².